The molecule has 0 atom stereocenters. The average Bonchev–Trinajstić information content (AvgIpc) is 3.08. The summed E-state index contributed by atoms with van der Waals surface area (Å²) in [5.41, 5.74) is 7.28. The topological polar surface area (TPSA) is 94.0 Å². The lowest BCUT2D eigenvalue weighted by Gasteiger charge is -2.07. The highest BCUT2D eigenvalue weighted by Crippen LogP contribution is 2.24. The van der Waals surface area contributed by atoms with Crippen molar-refractivity contribution in [3.8, 4) is 0 Å². The van der Waals surface area contributed by atoms with Crippen molar-refractivity contribution in [2.75, 3.05) is 0 Å². The zero-order chi connectivity index (χ0) is 14.1. The summed E-state index contributed by atoms with van der Waals surface area (Å²) in [7, 11) is 0. The van der Waals surface area contributed by atoms with Crippen LogP contribution in [0.1, 0.15) is 4.88 Å². The Balaban J connectivity index is 2.27. The lowest BCUT2D eigenvalue weighted by molar-refractivity contribution is -0.130. The van der Waals surface area contributed by atoms with Gasteiger partial charge in [0.05, 0.1) is 16.1 Å². The van der Waals surface area contributed by atoms with Crippen LogP contribution in [0.3, 0.4) is 0 Å². The highest BCUT2D eigenvalue weighted by Gasteiger charge is 2.20. The van der Waals surface area contributed by atoms with Gasteiger partial charge in [-0.25, -0.2) is 9.48 Å². The van der Waals surface area contributed by atoms with E-state index in [-0.39, 0.29) is 11.4 Å². The van der Waals surface area contributed by atoms with E-state index in [1.807, 2.05) is 17.5 Å². The largest absolute Gasteiger partial charge is 0.476 e. The van der Waals surface area contributed by atoms with Gasteiger partial charge in [0.25, 0.3) is 0 Å². The number of hydrogen-bond donors (Lipinski definition) is 2. The van der Waals surface area contributed by atoms with Crippen LogP contribution in [0.2, 0.25) is 0 Å². The number of aliphatic carboxylic acids is 1. The maximum absolute atomic E-state index is 11.6. The monoisotopic (exact) mass is 286 g/mol. The fraction of sp³-hybridized carbons (Fsp3) is 0. The highest BCUT2D eigenvalue weighted by atomic mass is 32.1. The number of benzene rings is 1. The normalized spacial score (nSPS) is 12.4. The summed E-state index contributed by atoms with van der Waals surface area (Å²) < 4.78 is 1.26. The number of carbonyl (C=O) groups is 1. The quantitative estimate of drug-likeness (QED) is 0.717. The Morgan fingerprint density at radius 2 is 2.05 bits per heavy atom. The smallest absolute Gasteiger partial charge is 0.356 e. The summed E-state index contributed by atoms with van der Waals surface area (Å²) in [4.78, 5) is 12.2. The van der Waals surface area contributed by atoms with E-state index in [9.17, 15) is 9.90 Å². The molecule has 3 N–H and O–H groups in total. The van der Waals surface area contributed by atoms with Gasteiger partial charge in [0.15, 0.2) is 5.70 Å². The lowest BCUT2D eigenvalue weighted by Crippen LogP contribution is -2.15. The Labute approximate surface area is 117 Å². The zero-order valence-corrected chi connectivity index (χ0v) is 11.0. The second-order valence-corrected chi connectivity index (χ2v) is 4.98. The van der Waals surface area contributed by atoms with Crippen LogP contribution in [-0.4, -0.2) is 26.1 Å². The molecule has 0 aliphatic carbocycles. The van der Waals surface area contributed by atoms with Gasteiger partial charge in [0.2, 0.25) is 0 Å². The molecule has 2 heterocycles. The van der Waals surface area contributed by atoms with E-state index >= 15 is 0 Å². The van der Waals surface area contributed by atoms with Crippen molar-refractivity contribution in [3.63, 3.8) is 0 Å². The molecule has 1 aromatic carbocycles. The first-order valence-electron chi connectivity index (χ1n) is 5.76. The molecule has 0 unspecified atom stereocenters. The van der Waals surface area contributed by atoms with Crippen molar-refractivity contribution >= 4 is 39.7 Å². The Morgan fingerprint density at radius 3 is 2.75 bits per heavy atom. The first kappa shape index (κ1) is 12.4. The van der Waals surface area contributed by atoms with E-state index in [0.29, 0.717) is 15.9 Å². The number of carboxylic acid groups (broad SMARTS) is 1. The molecule has 3 aromatic rings. The third kappa shape index (κ3) is 1.94. The van der Waals surface area contributed by atoms with E-state index < -0.39 is 5.97 Å². The van der Waals surface area contributed by atoms with E-state index in [0.717, 1.165) is 0 Å². The van der Waals surface area contributed by atoms with E-state index in [1.54, 1.807) is 24.3 Å². The predicted octanol–water partition coefficient (Wildman–Crippen LogP) is 1.86. The fourth-order valence-corrected chi connectivity index (χ4v) is 2.59. The molecule has 0 aliphatic heterocycles. The van der Waals surface area contributed by atoms with Crippen molar-refractivity contribution in [2.24, 2.45) is 5.73 Å². The molecule has 0 saturated heterocycles. The van der Waals surface area contributed by atoms with Crippen LogP contribution in [-0.2, 0) is 4.79 Å². The molecule has 6 nitrogen and oxygen atoms in total. The van der Waals surface area contributed by atoms with Gasteiger partial charge < -0.3 is 10.8 Å². The molecule has 0 fully saturated rings. The van der Waals surface area contributed by atoms with Crippen molar-refractivity contribution in [3.05, 3.63) is 46.7 Å². The van der Waals surface area contributed by atoms with Crippen LogP contribution in [0.4, 0.5) is 0 Å². The molecule has 0 spiro atoms. The summed E-state index contributed by atoms with van der Waals surface area (Å²) in [6.07, 6.45) is 0. The minimum absolute atomic E-state index is 0.0962. The molecule has 0 aliphatic rings. The number of para-hydroxylation sites is 1. The van der Waals surface area contributed by atoms with E-state index in [4.69, 9.17) is 5.73 Å². The molecule has 20 heavy (non-hydrogen) atoms. The van der Waals surface area contributed by atoms with Gasteiger partial charge in [-0.05, 0) is 23.6 Å². The summed E-state index contributed by atoms with van der Waals surface area (Å²) in [5, 5.41) is 19.1. The Kier molecular flexibility index (Phi) is 2.96. The molecule has 2 aromatic heterocycles. The number of fused-ring (bicyclic) bond motifs is 1. The maximum Gasteiger partial charge on any atom is 0.356 e. The number of hydrogen-bond acceptors (Lipinski definition) is 5. The number of aromatic nitrogens is 3. The molecule has 0 radical (unpaired) electrons. The van der Waals surface area contributed by atoms with Crippen molar-refractivity contribution in [2.45, 2.75) is 0 Å². The summed E-state index contributed by atoms with van der Waals surface area (Å²) in [6.45, 7) is 0. The second-order valence-electron chi connectivity index (χ2n) is 4.03. The van der Waals surface area contributed by atoms with Crippen LogP contribution in [0, 0.1) is 0 Å². The molecule has 100 valence electrons. The zero-order valence-electron chi connectivity index (χ0n) is 10.2. The van der Waals surface area contributed by atoms with Crippen LogP contribution in [0.15, 0.2) is 41.8 Å². The van der Waals surface area contributed by atoms with E-state index in [1.165, 1.54) is 16.0 Å². The highest BCUT2D eigenvalue weighted by molar-refractivity contribution is 7.11. The van der Waals surface area contributed by atoms with Crippen molar-refractivity contribution in [1.82, 2.24) is 15.0 Å². The molecular weight excluding hydrogens is 276 g/mol. The minimum Gasteiger partial charge on any atom is -0.476 e. The van der Waals surface area contributed by atoms with Crippen LogP contribution in [0.25, 0.3) is 22.4 Å². The Bertz CT molecular complexity index is 805. The predicted molar refractivity (Wildman–Crippen MR) is 76.8 cm³/mol. The van der Waals surface area contributed by atoms with Gasteiger partial charge in [0, 0.05) is 0 Å². The molecule has 0 saturated carbocycles. The second kappa shape index (κ2) is 4.78. The van der Waals surface area contributed by atoms with Crippen molar-refractivity contribution in [1.29, 1.82) is 0 Å². The number of rotatable bonds is 3. The molecule has 3 rings (SSSR count). The van der Waals surface area contributed by atoms with Crippen LogP contribution < -0.4 is 5.73 Å². The van der Waals surface area contributed by atoms with Gasteiger partial charge in [-0.3, -0.25) is 0 Å². The average molecular weight is 286 g/mol. The molecule has 7 heteroatoms. The SMILES string of the molecule is N/C(=C(\C(=O)O)n1nnc2ccccc21)c1cccs1. The molecular formula is C13H10N4O2S. The maximum atomic E-state index is 11.6. The standard InChI is InChI=1S/C13H10N4O2S/c14-11(10-6-3-7-20-10)12(13(18)19)17-9-5-2-1-4-8(9)15-16-17/h1-7H,14H2,(H,18,19)/b12-11+. The number of nitrogens with two attached hydrogens (primary N) is 1. The third-order valence-corrected chi connectivity index (χ3v) is 3.71. The van der Waals surface area contributed by atoms with Crippen LogP contribution >= 0.6 is 11.3 Å². The summed E-state index contributed by atoms with van der Waals surface area (Å²) >= 11 is 1.37. The van der Waals surface area contributed by atoms with Gasteiger partial charge in [-0.1, -0.05) is 23.4 Å². The van der Waals surface area contributed by atoms with E-state index in [2.05, 4.69) is 10.3 Å². The lowest BCUT2D eigenvalue weighted by atomic mass is 10.2. The Hall–Kier alpha value is -2.67. The summed E-state index contributed by atoms with van der Waals surface area (Å²) in [5.74, 6) is -1.15. The fourth-order valence-electron chi connectivity index (χ4n) is 1.90. The minimum atomic E-state index is -1.15. The number of nitrogens with zero attached hydrogens (tertiary/aromatic N) is 3. The molecule has 0 bridgehead atoms. The summed E-state index contributed by atoms with van der Waals surface area (Å²) in [6, 6.07) is 10.7. The third-order valence-electron chi connectivity index (χ3n) is 2.81. The van der Waals surface area contributed by atoms with Crippen LogP contribution in [0.5, 0.6) is 0 Å². The van der Waals surface area contributed by atoms with Crippen molar-refractivity contribution < 1.29 is 9.90 Å². The number of carboxylic acids is 1. The van der Waals surface area contributed by atoms with Gasteiger partial charge in [-0.2, -0.15) is 0 Å². The first-order valence-corrected chi connectivity index (χ1v) is 6.64. The number of thiophene rings is 1. The molecule has 0 amide bonds. The van der Waals surface area contributed by atoms with Gasteiger partial charge in [0.1, 0.15) is 5.52 Å². The van der Waals surface area contributed by atoms with Gasteiger partial charge >= 0.3 is 5.97 Å². The van der Waals surface area contributed by atoms with Gasteiger partial charge in [-0.15, -0.1) is 16.4 Å². The first-order chi connectivity index (χ1) is 9.68. The Morgan fingerprint density at radius 1 is 1.25 bits per heavy atom.